The van der Waals surface area contributed by atoms with E-state index in [1.165, 1.54) is 30.9 Å². The van der Waals surface area contributed by atoms with Gasteiger partial charge >= 0.3 is 0 Å². The summed E-state index contributed by atoms with van der Waals surface area (Å²) in [6, 6.07) is 15.5. The molecule has 3 amide bonds. The lowest BCUT2D eigenvalue weighted by Crippen LogP contribution is -2.57. The van der Waals surface area contributed by atoms with Crippen LogP contribution in [0.2, 0.25) is 0 Å². The third-order valence-electron chi connectivity index (χ3n) is 13.7. The first-order chi connectivity index (χ1) is 33.3. The molecular formula is C55H71F3N6O5S. The van der Waals surface area contributed by atoms with E-state index >= 15 is 13.2 Å². The highest BCUT2D eigenvalue weighted by molar-refractivity contribution is 7.13. The zero-order valence-electron chi connectivity index (χ0n) is 41.8. The van der Waals surface area contributed by atoms with Crippen molar-refractivity contribution in [1.82, 2.24) is 30.4 Å². The molecule has 4 heterocycles. The molecule has 0 bridgehead atoms. The maximum Gasteiger partial charge on any atom is 0.246 e. The number of halogens is 3. The van der Waals surface area contributed by atoms with Crippen LogP contribution in [0.15, 0.2) is 66.2 Å². The number of β-amino-alcohol motifs (C(OH)–C–C–N with tert-alkyl or cyclic N) is 1. The standard InChI is InChI=1S/C55H71F3N6O5S/c1-34-26-41-40-18-15-16-19-44(40)61-48(41)49(64(34)32-55(6,7)58)47-42(56)28-39(29-43(47)57)69-25-17-13-11-9-8-10-12-14-20-46(66)62-51(54(3,4)5)53(68)63-31-38(65)27-45(63)52(67)59-30-36-21-23-37(24-22-36)50-35(2)60-33-70-50/h15-16,18-19,21-24,28-29,33-34,38,45,49,51,61,65H,8-14,17,20,25-27,30-32H2,1-7H3,(H,59,67)(H,62,66)/t34-,38-,45+,49-,51-/m1/s1. The van der Waals surface area contributed by atoms with E-state index in [9.17, 15) is 19.5 Å². The predicted molar refractivity (Wildman–Crippen MR) is 270 cm³/mol. The molecule has 11 nitrogen and oxygen atoms in total. The molecule has 378 valence electrons. The van der Waals surface area contributed by atoms with Gasteiger partial charge in [-0.2, -0.15) is 0 Å². The van der Waals surface area contributed by atoms with Gasteiger partial charge in [-0.3, -0.25) is 19.3 Å². The Balaban J connectivity index is 0.808. The van der Waals surface area contributed by atoms with Crippen LogP contribution < -0.4 is 15.4 Å². The molecule has 0 radical (unpaired) electrons. The maximum absolute atomic E-state index is 16.1. The number of aromatic nitrogens is 2. The van der Waals surface area contributed by atoms with E-state index in [1.807, 2.05) is 93.6 Å². The number of carbonyl (C=O) groups is 3. The molecule has 0 aliphatic carbocycles. The van der Waals surface area contributed by atoms with Crippen molar-refractivity contribution in [2.75, 3.05) is 19.7 Å². The highest BCUT2D eigenvalue weighted by atomic mass is 32.1. The van der Waals surface area contributed by atoms with Gasteiger partial charge in [0.25, 0.3) is 0 Å². The number of fused-ring (bicyclic) bond motifs is 3. The number of benzene rings is 3. The van der Waals surface area contributed by atoms with Gasteiger partial charge in [0.2, 0.25) is 17.7 Å². The quantitative estimate of drug-likeness (QED) is 0.0537. The van der Waals surface area contributed by atoms with Crippen LogP contribution in [0.5, 0.6) is 5.75 Å². The fraction of sp³-hybridized carbons (Fsp3) is 0.527. The minimum atomic E-state index is -1.58. The fourth-order valence-electron chi connectivity index (χ4n) is 10.1. The second-order valence-electron chi connectivity index (χ2n) is 21.1. The maximum atomic E-state index is 16.1. The summed E-state index contributed by atoms with van der Waals surface area (Å²) >= 11 is 1.58. The summed E-state index contributed by atoms with van der Waals surface area (Å²) in [4.78, 5) is 52.8. The predicted octanol–water partition coefficient (Wildman–Crippen LogP) is 10.7. The van der Waals surface area contributed by atoms with E-state index in [1.54, 1.807) is 11.3 Å². The zero-order valence-corrected chi connectivity index (χ0v) is 42.6. The van der Waals surface area contributed by atoms with Crippen molar-refractivity contribution >= 4 is 40.0 Å². The van der Waals surface area contributed by atoms with Gasteiger partial charge in [-0.05, 0) is 75.1 Å². The molecule has 2 aliphatic heterocycles. The van der Waals surface area contributed by atoms with Crippen LogP contribution in [0.1, 0.15) is 140 Å². The second-order valence-corrected chi connectivity index (χ2v) is 21.9. The lowest BCUT2D eigenvalue weighted by Gasteiger charge is -2.43. The number of alkyl halides is 1. The lowest BCUT2D eigenvalue weighted by molar-refractivity contribution is -0.144. The molecule has 3 aromatic carbocycles. The molecule has 1 fully saturated rings. The summed E-state index contributed by atoms with van der Waals surface area (Å²) in [6.07, 6.45) is 7.23. The fourth-order valence-corrected chi connectivity index (χ4v) is 10.9. The number of unbranched alkanes of at least 4 members (excludes halogenated alkanes) is 7. The topological polar surface area (TPSA) is 140 Å². The Morgan fingerprint density at radius 2 is 1.60 bits per heavy atom. The number of aromatic amines is 1. The second kappa shape index (κ2) is 22.9. The van der Waals surface area contributed by atoms with Crippen LogP contribution in [0.25, 0.3) is 21.3 Å². The highest BCUT2D eigenvalue weighted by Crippen LogP contribution is 2.44. The smallest absolute Gasteiger partial charge is 0.246 e. The molecule has 5 atom stereocenters. The number of carbonyl (C=O) groups excluding carboxylic acids is 3. The molecular weight excluding hydrogens is 914 g/mol. The third-order valence-corrected chi connectivity index (χ3v) is 14.7. The van der Waals surface area contributed by atoms with Crippen molar-refractivity contribution in [2.45, 2.75) is 162 Å². The van der Waals surface area contributed by atoms with Gasteiger partial charge in [0, 0.05) is 72.8 Å². The summed E-state index contributed by atoms with van der Waals surface area (Å²) in [6.45, 7) is 13.2. The number of amides is 3. The van der Waals surface area contributed by atoms with Crippen molar-refractivity contribution in [3.05, 3.63) is 106 Å². The average molecular weight is 985 g/mol. The Labute approximate surface area is 415 Å². The summed E-state index contributed by atoms with van der Waals surface area (Å²) in [5.74, 6) is -2.29. The molecule has 70 heavy (non-hydrogen) atoms. The number of aliphatic hydroxyl groups is 1. The van der Waals surface area contributed by atoms with Crippen molar-refractivity contribution in [2.24, 2.45) is 5.41 Å². The SMILES string of the molecule is Cc1ncsc1-c1ccc(CNC(=O)[C@@H]2C[C@@H](O)CN2C(=O)[C@@H](NC(=O)CCCCCCCCCCOc2cc(F)c([C@@H]3c4[nH]c5ccccc5c4C[C@@H](C)N3CC(C)(C)F)c(F)c2)C(C)(C)C)cc1. The highest BCUT2D eigenvalue weighted by Gasteiger charge is 2.45. The Bertz CT molecular complexity index is 2560. The molecule has 4 N–H and O–H groups in total. The van der Waals surface area contributed by atoms with E-state index < -0.39 is 46.9 Å². The number of aryl methyl sites for hydroxylation is 1. The first kappa shape index (κ1) is 52.6. The van der Waals surface area contributed by atoms with Crippen LogP contribution >= 0.6 is 11.3 Å². The van der Waals surface area contributed by atoms with E-state index in [2.05, 4.69) is 20.6 Å². The lowest BCUT2D eigenvalue weighted by atomic mass is 9.85. The zero-order chi connectivity index (χ0) is 50.3. The van der Waals surface area contributed by atoms with Crippen molar-refractivity contribution in [3.63, 3.8) is 0 Å². The van der Waals surface area contributed by atoms with Gasteiger partial charge < -0.3 is 30.4 Å². The number of para-hydroxylation sites is 1. The largest absolute Gasteiger partial charge is 0.493 e. The van der Waals surface area contributed by atoms with Crippen LogP contribution in [-0.2, 0) is 27.3 Å². The van der Waals surface area contributed by atoms with Crippen LogP contribution in [-0.4, -0.2) is 92.2 Å². The number of hydrogen-bond donors (Lipinski definition) is 4. The van der Waals surface area contributed by atoms with Gasteiger partial charge in [-0.25, -0.2) is 18.2 Å². The first-order valence-corrected chi connectivity index (χ1v) is 25.9. The summed E-state index contributed by atoms with van der Waals surface area (Å²) < 4.78 is 53.1. The molecule has 0 unspecified atom stereocenters. The Morgan fingerprint density at radius 3 is 2.24 bits per heavy atom. The minimum absolute atomic E-state index is 0.00849. The number of hydrogen-bond acceptors (Lipinski definition) is 8. The van der Waals surface area contributed by atoms with Gasteiger partial charge in [0.15, 0.2) is 0 Å². The van der Waals surface area contributed by atoms with Crippen molar-refractivity contribution in [3.8, 4) is 16.2 Å². The number of rotatable bonds is 21. The molecule has 0 spiro atoms. The number of H-pyrrole nitrogens is 1. The van der Waals surface area contributed by atoms with E-state index in [-0.39, 0.29) is 67.6 Å². The summed E-state index contributed by atoms with van der Waals surface area (Å²) in [5, 5.41) is 17.5. The van der Waals surface area contributed by atoms with E-state index in [0.29, 0.717) is 25.1 Å². The Morgan fingerprint density at radius 1 is 0.943 bits per heavy atom. The molecule has 7 rings (SSSR count). The average Bonchev–Trinajstić information content (AvgIpc) is 4.02. The molecule has 15 heteroatoms. The van der Waals surface area contributed by atoms with Crippen LogP contribution in [0.3, 0.4) is 0 Å². The van der Waals surface area contributed by atoms with Gasteiger partial charge in [-0.1, -0.05) is 102 Å². The number of nitrogens with one attached hydrogen (secondary N) is 3. The number of likely N-dealkylation sites (tertiary alicyclic amines) is 1. The van der Waals surface area contributed by atoms with Crippen LogP contribution in [0.4, 0.5) is 13.2 Å². The number of nitrogens with zero attached hydrogens (tertiary/aromatic N) is 3. The Kier molecular flexibility index (Phi) is 17.2. The van der Waals surface area contributed by atoms with E-state index in [0.717, 1.165) is 83.1 Å². The van der Waals surface area contributed by atoms with Gasteiger partial charge in [0.1, 0.15) is 35.1 Å². The molecule has 0 saturated carbocycles. The van der Waals surface area contributed by atoms with Crippen LogP contribution in [0, 0.1) is 24.0 Å². The first-order valence-electron chi connectivity index (χ1n) is 25.0. The molecule has 5 aromatic rings. The number of ether oxygens (including phenoxy) is 1. The summed E-state index contributed by atoms with van der Waals surface area (Å²) in [5.41, 5.74) is 4.96. The normalized spacial score (nSPS) is 19.0. The van der Waals surface area contributed by atoms with Gasteiger partial charge in [-0.15, -0.1) is 11.3 Å². The number of thiazole rings is 1. The summed E-state index contributed by atoms with van der Waals surface area (Å²) in [7, 11) is 0. The monoisotopic (exact) mass is 985 g/mol. The minimum Gasteiger partial charge on any atom is -0.493 e. The molecule has 1 saturated heterocycles. The molecule has 2 aliphatic rings. The third kappa shape index (κ3) is 13.0. The molecule has 2 aromatic heterocycles. The number of aliphatic hydroxyl groups excluding tert-OH is 1. The van der Waals surface area contributed by atoms with Gasteiger partial charge in [0.05, 0.1) is 34.8 Å². The Hall–Kier alpha value is -5.25. The van der Waals surface area contributed by atoms with Crippen molar-refractivity contribution in [1.29, 1.82) is 0 Å². The van der Waals surface area contributed by atoms with E-state index in [4.69, 9.17) is 4.74 Å². The van der Waals surface area contributed by atoms with Crippen molar-refractivity contribution < 1.29 is 37.4 Å².